The summed E-state index contributed by atoms with van der Waals surface area (Å²) in [5, 5.41) is 22.2. The molecule has 6 nitrogen and oxygen atoms in total. The molecular weight excluding hydrogens is 248 g/mol. The zero-order chi connectivity index (χ0) is 14.0. The number of aryl methyl sites for hydroxylation is 1. The summed E-state index contributed by atoms with van der Waals surface area (Å²) in [6.07, 6.45) is 0. The van der Waals surface area contributed by atoms with Crippen LogP contribution in [0.4, 0.5) is 11.4 Å². The highest BCUT2D eigenvalue weighted by Crippen LogP contribution is 2.39. The molecular formula is C13H10N2O4. The largest absolute Gasteiger partial charge is 0.354 e. The maximum absolute atomic E-state index is 11.2. The van der Waals surface area contributed by atoms with Gasteiger partial charge >= 0.3 is 11.4 Å². The number of nitro benzene ring substituents is 2. The molecule has 0 unspecified atom stereocenters. The summed E-state index contributed by atoms with van der Waals surface area (Å²) in [6.45, 7) is 1.49. The van der Waals surface area contributed by atoms with E-state index in [0.29, 0.717) is 5.56 Å². The van der Waals surface area contributed by atoms with Crippen LogP contribution in [-0.2, 0) is 0 Å². The Morgan fingerprint density at radius 2 is 1.42 bits per heavy atom. The van der Waals surface area contributed by atoms with Gasteiger partial charge in [0.15, 0.2) is 0 Å². The Labute approximate surface area is 108 Å². The summed E-state index contributed by atoms with van der Waals surface area (Å²) in [5.41, 5.74) is 0.194. The molecule has 0 N–H and O–H groups in total. The first kappa shape index (κ1) is 12.7. The zero-order valence-electron chi connectivity index (χ0n) is 10.1. The molecule has 0 saturated heterocycles. The average molecular weight is 258 g/mol. The highest BCUT2D eigenvalue weighted by atomic mass is 16.6. The van der Waals surface area contributed by atoms with Crippen LogP contribution in [-0.4, -0.2) is 9.85 Å². The maximum atomic E-state index is 11.2. The highest BCUT2D eigenvalue weighted by Gasteiger charge is 2.31. The Morgan fingerprint density at radius 3 is 1.95 bits per heavy atom. The highest BCUT2D eigenvalue weighted by molar-refractivity contribution is 5.80. The predicted octanol–water partition coefficient (Wildman–Crippen LogP) is 3.48. The second-order valence-electron chi connectivity index (χ2n) is 4.01. The van der Waals surface area contributed by atoms with Gasteiger partial charge in [-0.1, -0.05) is 36.4 Å². The smallest absolute Gasteiger partial charge is 0.258 e. The molecule has 0 aliphatic heterocycles. The van der Waals surface area contributed by atoms with Crippen molar-refractivity contribution in [3.63, 3.8) is 0 Å². The number of hydrogen-bond donors (Lipinski definition) is 0. The van der Waals surface area contributed by atoms with Crippen LogP contribution >= 0.6 is 0 Å². The van der Waals surface area contributed by atoms with Gasteiger partial charge in [-0.25, -0.2) is 0 Å². The lowest BCUT2D eigenvalue weighted by molar-refractivity contribution is -0.422. The number of nitro groups is 2. The van der Waals surface area contributed by atoms with Crippen molar-refractivity contribution in [2.45, 2.75) is 6.92 Å². The molecule has 0 bridgehead atoms. The molecule has 0 fully saturated rings. The van der Waals surface area contributed by atoms with Crippen molar-refractivity contribution in [3.05, 3.63) is 68.3 Å². The Kier molecular flexibility index (Phi) is 3.24. The van der Waals surface area contributed by atoms with Crippen molar-refractivity contribution in [1.82, 2.24) is 0 Å². The second kappa shape index (κ2) is 4.85. The van der Waals surface area contributed by atoms with Crippen LogP contribution in [0, 0.1) is 27.2 Å². The molecule has 0 saturated carbocycles. The molecule has 2 aromatic carbocycles. The quantitative estimate of drug-likeness (QED) is 0.622. The molecule has 0 aliphatic carbocycles. The molecule has 19 heavy (non-hydrogen) atoms. The average Bonchev–Trinajstić information content (AvgIpc) is 2.38. The van der Waals surface area contributed by atoms with Gasteiger partial charge in [-0.05, 0) is 18.6 Å². The van der Waals surface area contributed by atoms with Gasteiger partial charge in [0.2, 0.25) is 0 Å². The first-order chi connectivity index (χ1) is 9.02. The Balaban J connectivity index is 2.80. The molecule has 0 heterocycles. The fourth-order valence-electron chi connectivity index (χ4n) is 1.95. The topological polar surface area (TPSA) is 86.3 Å². The van der Waals surface area contributed by atoms with Gasteiger partial charge in [0.05, 0.1) is 15.4 Å². The van der Waals surface area contributed by atoms with Crippen LogP contribution < -0.4 is 0 Å². The standard InChI is InChI=1S/C13H10N2O4/c1-9-7-8-11(10-5-3-2-4-6-10)13(15(18)19)12(9)14(16)17/h2-8H,1H3. The molecule has 2 aromatic rings. The van der Waals surface area contributed by atoms with E-state index in [1.807, 2.05) is 0 Å². The van der Waals surface area contributed by atoms with Crippen molar-refractivity contribution in [3.8, 4) is 11.1 Å². The molecule has 0 atom stereocenters. The first-order valence-electron chi connectivity index (χ1n) is 5.50. The lowest BCUT2D eigenvalue weighted by Crippen LogP contribution is -2.01. The van der Waals surface area contributed by atoms with Crippen LogP contribution in [0.3, 0.4) is 0 Å². The van der Waals surface area contributed by atoms with Crippen LogP contribution in [0.25, 0.3) is 11.1 Å². The normalized spacial score (nSPS) is 10.2. The van der Waals surface area contributed by atoms with Crippen LogP contribution in [0.5, 0.6) is 0 Å². The monoisotopic (exact) mass is 258 g/mol. The lowest BCUT2D eigenvalue weighted by atomic mass is 10.0. The third-order valence-corrected chi connectivity index (χ3v) is 2.80. The van der Waals surface area contributed by atoms with E-state index >= 15 is 0 Å². The van der Waals surface area contributed by atoms with E-state index in [1.165, 1.54) is 19.1 Å². The van der Waals surface area contributed by atoms with Gasteiger partial charge in [-0.15, -0.1) is 0 Å². The van der Waals surface area contributed by atoms with Gasteiger partial charge < -0.3 is 0 Å². The third-order valence-electron chi connectivity index (χ3n) is 2.80. The van der Waals surface area contributed by atoms with E-state index in [1.54, 1.807) is 30.3 Å². The number of rotatable bonds is 3. The molecule has 0 amide bonds. The van der Waals surface area contributed by atoms with E-state index in [-0.39, 0.29) is 11.1 Å². The summed E-state index contributed by atoms with van der Waals surface area (Å²) in [5.74, 6) is 0. The van der Waals surface area contributed by atoms with E-state index < -0.39 is 21.2 Å². The third kappa shape index (κ3) is 2.28. The van der Waals surface area contributed by atoms with Gasteiger partial charge in [0.25, 0.3) is 0 Å². The summed E-state index contributed by atoms with van der Waals surface area (Å²) in [4.78, 5) is 20.8. The van der Waals surface area contributed by atoms with E-state index in [4.69, 9.17) is 0 Å². The van der Waals surface area contributed by atoms with Gasteiger partial charge in [0, 0.05) is 5.56 Å². The zero-order valence-corrected chi connectivity index (χ0v) is 10.1. The molecule has 96 valence electrons. The Bertz CT molecular complexity index is 653. The molecule has 0 aliphatic rings. The fraction of sp³-hybridized carbons (Fsp3) is 0.0769. The molecule has 2 rings (SSSR count). The first-order valence-corrected chi connectivity index (χ1v) is 5.50. The Morgan fingerprint density at radius 1 is 0.842 bits per heavy atom. The number of nitrogens with zero attached hydrogens (tertiary/aromatic N) is 2. The maximum Gasteiger partial charge on any atom is 0.354 e. The summed E-state index contributed by atoms with van der Waals surface area (Å²) in [7, 11) is 0. The lowest BCUT2D eigenvalue weighted by Gasteiger charge is -2.05. The van der Waals surface area contributed by atoms with Gasteiger partial charge in [-0.3, -0.25) is 20.2 Å². The minimum Gasteiger partial charge on any atom is -0.258 e. The van der Waals surface area contributed by atoms with E-state index in [9.17, 15) is 20.2 Å². The van der Waals surface area contributed by atoms with Gasteiger partial charge in [-0.2, -0.15) is 0 Å². The number of benzene rings is 2. The predicted molar refractivity (Wildman–Crippen MR) is 69.9 cm³/mol. The van der Waals surface area contributed by atoms with E-state index in [0.717, 1.165) is 0 Å². The molecule has 0 spiro atoms. The van der Waals surface area contributed by atoms with E-state index in [2.05, 4.69) is 0 Å². The van der Waals surface area contributed by atoms with Crippen LogP contribution in [0.1, 0.15) is 5.56 Å². The Hall–Kier alpha value is -2.76. The molecule has 0 radical (unpaired) electrons. The molecule has 0 aromatic heterocycles. The van der Waals surface area contributed by atoms with Crippen molar-refractivity contribution in [2.24, 2.45) is 0 Å². The van der Waals surface area contributed by atoms with Crippen molar-refractivity contribution < 1.29 is 9.85 Å². The summed E-state index contributed by atoms with van der Waals surface area (Å²) >= 11 is 0. The fourth-order valence-corrected chi connectivity index (χ4v) is 1.95. The van der Waals surface area contributed by atoms with Crippen LogP contribution in [0.2, 0.25) is 0 Å². The second-order valence-corrected chi connectivity index (χ2v) is 4.01. The van der Waals surface area contributed by atoms with Crippen molar-refractivity contribution >= 4 is 11.4 Å². The van der Waals surface area contributed by atoms with Crippen LogP contribution in [0.15, 0.2) is 42.5 Å². The molecule has 6 heteroatoms. The van der Waals surface area contributed by atoms with Crippen molar-refractivity contribution in [1.29, 1.82) is 0 Å². The number of hydrogen-bond acceptors (Lipinski definition) is 4. The summed E-state index contributed by atoms with van der Waals surface area (Å²) < 4.78 is 0. The minimum atomic E-state index is -0.708. The van der Waals surface area contributed by atoms with Crippen molar-refractivity contribution in [2.75, 3.05) is 0 Å². The summed E-state index contributed by atoms with van der Waals surface area (Å²) in [6, 6.07) is 11.7. The van der Waals surface area contributed by atoms with Gasteiger partial charge in [0.1, 0.15) is 0 Å². The SMILES string of the molecule is Cc1ccc(-c2ccccc2)c([N+](=O)[O-])c1[N+](=O)[O-]. The minimum absolute atomic E-state index is 0.253.